The number of hydrogen-bond donors (Lipinski definition) is 1. The van der Waals surface area contributed by atoms with E-state index in [0.717, 1.165) is 12.2 Å². The van der Waals surface area contributed by atoms with Gasteiger partial charge in [0.25, 0.3) is 0 Å². The average molecular weight is 221 g/mol. The Morgan fingerprint density at radius 3 is 2.44 bits per heavy atom. The molecule has 0 spiro atoms. The van der Waals surface area contributed by atoms with Crippen LogP contribution < -0.4 is 4.90 Å². The number of anilines is 1. The van der Waals surface area contributed by atoms with Gasteiger partial charge in [-0.05, 0) is 18.1 Å². The van der Waals surface area contributed by atoms with E-state index in [0.29, 0.717) is 12.5 Å². The number of carbonyl (C=O) groups is 1. The van der Waals surface area contributed by atoms with E-state index in [1.807, 2.05) is 30.3 Å². The summed E-state index contributed by atoms with van der Waals surface area (Å²) in [7, 11) is 0. The maximum Gasteiger partial charge on any atom is 0.305 e. The molecular formula is C13H19NO2. The van der Waals surface area contributed by atoms with Crippen molar-refractivity contribution in [2.45, 2.75) is 20.3 Å². The fourth-order valence-electron chi connectivity index (χ4n) is 1.64. The molecule has 0 aromatic heterocycles. The number of benzene rings is 1. The van der Waals surface area contributed by atoms with Crippen molar-refractivity contribution in [1.29, 1.82) is 0 Å². The molecule has 0 amide bonds. The molecule has 1 rings (SSSR count). The van der Waals surface area contributed by atoms with Crippen LogP contribution in [0.25, 0.3) is 0 Å². The van der Waals surface area contributed by atoms with Crippen LogP contribution in [-0.2, 0) is 4.79 Å². The van der Waals surface area contributed by atoms with Crippen molar-refractivity contribution < 1.29 is 9.90 Å². The summed E-state index contributed by atoms with van der Waals surface area (Å²) in [5.74, 6) is -0.223. The maximum atomic E-state index is 10.6. The molecule has 0 saturated heterocycles. The van der Waals surface area contributed by atoms with E-state index in [-0.39, 0.29) is 6.42 Å². The van der Waals surface area contributed by atoms with Gasteiger partial charge in [-0.25, -0.2) is 0 Å². The van der Waals surface area contributed by atoms with Gasteiger partial charge in [0, 0.05) is 18.8 Å². The Hall–Kier alpha value is -1.51. The third kappa shape index (κ3) is 4.34. The van der Waals surface area contributed by atoms with Crippen molar-refractivity contribution in [2.75, 3.05) is 18.0 Å². The molecular weight excluding hydrogens is 202 g/mol. The largest absolute Gasteiger partial charge is 0.481 e. The summed E-state index contributed by atoms with van der Waals surface area (Å²) in [6, 6.07) is 9.95. The smallest absolute Gasteiger partial charge is 0.305 e. The summed E-state index contributed by atoms with van der Waals surface area (Å²) in [5, 5.41) is 8.72. The number of rotatable bonds is 6. The first-order valence-electron chi connectivity index (χ1n) is 5.61. The van der Waals surface area contributed by atoms with Crippen LogP contribution >= 0.6 is 0 Å². The van der Waals surface area contributed by atoms with Gasteiger partial charge in [-0.1, -0.05) is 32.0 Å². The van der Waals surface area contributed by atoms with Gasteiger partial charge >= 0.3 is 5.97 Å². The third-order valence-corrected chi connectivity index (χ3v) is 2.30. The van der Waals surface area contributed by atoms with Crippen LogP contribution in [0.4, 0.5) is 5.69 Å². The van der Waals surface area contributed by atoms with Gasteiger partial charge in [-0.15, -0.1) is 0 Å². The van der Waals surface area contributed by atoms with E-state index < -0.39 is 5.97 Å². The summed E-state index contributed by atoms with van der Waals surface area (Å²) in [6.07, 6.45) is 0.182. The van der Waals surface area contributed by atoms with Crippen LogP contribution in [0.3, 0.4) is 0 Å². The standard InChI is InChI=1S/C13H19NO2/c1-11(2)10-14(9-8-13(15)16)12-6-4-3-5-7-12/h3-7,11H,8-10H2,1-2H3,(H,15,16). The molecule has 16 heavy (non-hydrogen) atoms. The summed E-state index contributed by atoms with van der Waals surface area (Å²) in [5.41, 5.74) is 1.09. The maximum absolute atomic E-state index is 10.6. The molecule has 0 atom stereocenters. The van der Waals surface area contributed by atoms with Gasteiger partial charge in [0.2, 0.25) is 0 Å². The van der Waals surface area contributed by atoms with Gasteiger partial charge in [-0.3, -0.25) is 4.79 Å². The summed E-state index contributed by atoms with van der Waals surface area (Å²) >= 11 is 0. The van der Waals surface area contributed by atoms with Crippen LogP contribution in [0.5, 0.6) is 0 Å². The number of aliphatic carboxylic acids is 1. The second-order valence-corrected chi connectivity index (χ2v) is 4.32. The van der Waals surface area contributed by atoms with E-state index in [4.69, 9.17) is 5.11 Å². The number of hydrogen-bond acceptors (Lipinski definition) is 2. The highest BCUT2D eigenvalue weighted by Crippen LogP contribution is 2.15. The molecule has 0 aliphatic rings. The van der Waals surface area contributed by atoms with Crippen LogP contribution in [-0.4, -0.2) is 24.2 Å². The quantitative estimate of drug-likeness (QED) is 0.802. The molecule has 1 aromatic carbocycles. The molecule has 1 N–H and O–H groups in total. The molecule has 1 aromatic rings. The van der Waals surface area contributed by atoms with E-state index in [1.54, 1.807) is 0 Å². The first-order valence-corrected chi connectivity index (χ1v) is 5.61. The highest BCUT2D eigenvalue weighted by Gasteiger charge is 2.09. The lowest BCUT2D eigenvalue weighted by atomic mass is 10.2. The van der Waals surface area contributed by atoms with Gasteiger partial charge < -0.3 is 10.0 Å². The molecule has 0 heterocycles. The van der Waals surface area contributed by atoms with Crippen molar-refractivity contribution in [3.05, 3.63) is 30.3 Å². The molecule has 0 radical (unpaired) electrons. The van der Waals surface area contributed by atoms with Crippen molar-refractivity contribution in [1.82, 2.24) is 0 Å². The van der Waals surface area contributed by atoms with E-state index in [9.17, 15) is 4.79 Å². The van der Waals surface area contributed by atoms with Crippen molar-refractivity contribution in [3.8, 4) is 0 Å². The molecule has 0 fully saturated rings. The van der Waals surface area contributed by atoms with Gasteiger partial charge in [0.15, 0.2) is 0 Å². The Labute approximate surface area is 96.7 Å². The van der Waals surface area contributed by atoms with Gasteiger partial charge in [0.05, 0.1) is 6.42 Å². The molecule has 0 aliphatic heterocycles. The fraction of sp³-hybridized carbons (Fsp3) is 0.462. The lowest BCUT2D eigenvalue weighted by molar-refractivity contribution is -0.136. The predicted octanol–water partition coefficient (Wildman–Crippen LogP) is 2.62. The van der Waals surface area contributed by atoms with E-state index in [2.05, 4.69) is 18.7 Å². The van der Waals surface area contributed by atoms with Crippen molar-refractivity contribution in [3.63, 3.8) is 0 Å². The van der Waals surface area contributed by atoms with Crippen LogP contribution in [0.15, 0.2) is 30.3 Å². The highest BCUT2D eigenvalue weighted by atomic mass is 16.4. The zero-order chi connectivity index (χ0) is 12.0. The molecule has 0 bridgehead atoms. The average Bonchev–Trinajstić information content (AvgIpc) is 2.25. The lowest BCUT2D eigenvalue weighted by Crippen LogP contribution is -2.29. The Kier molecular flexibility index (Phi) is 4.83. The summed E-state index contributed by atoms with van der Waals surface area (Å²) < 4.78 is 0. The Bertz CT molecular complexity index is 322. The van der Waals surface area contributed by atoms with Gasteiger partial charge in [-0.2, -0.15) is 0 Å². The zero-order valence-electron chi connectivity index (χ0n) is 9.89. The molecule has 0 unspecified atom stereocenters. The first-order chi connectivity index (χ1) is 7.59. The van der Waals surface area contributed by atoms with Crippen LogP contribution in [0, 0.1) is 5.92 Å². The molecule has 0 aliphatic carbocycles. The number of para-hydroxylation sites is 1. The SMILES string of the molecule is CC(C)CN(CCC(=O)O)c1ccccc1. The number of carboxylic acids is 1. The van der Waals surface area contributed by atoms with Crippen molar-refractivity contribution >= 4 is 11.7 Å². The highest BCUT2D eigenvalue weighted by molar-refractivity contribution is 5.67. The fourth-order valence-corrected chi connectivity index (χ4v) is 1.64. The van der Waals surface area contributed by atoms with Gasteiger partial charge in [0.1, 0.15) is 0 Å². The minimum atomic E-state index is -0.746. The monoisotopic (exact) mass is 221 g/mol. The summed E-state index contributed by atoms with van der Waals surface area (Å²) in [6.45, 7) is 5.72. The molecule has 3 heteroatoms. The number of carboxylic acid groups (broad SMARTS) is 1. The second-order valence-electron chi connectivity index (χ2n) is 4.32. The first kappa shape index (κ1) is 12.6. The molecule has 3 nitrogen and oxygen atoms in total. The third-order valence-electron chi connectivity index (χ3n) is 2.30. The van der Waals surface area contributed by atoms with E-state index in [1.165, 1.54) is 0 Å². The Morgan fingerprint density at radius 2 is 1.94 bits per heavy atom. The molecule has 0 saturated carbocycles. The predicted molar refractivity (Wildman–Crippen MR) is 65.7 cm³/mol. The second kappa shape index (κ2) is 6.16. The Morgan fingerprint density at radius 1 is 1.31 bits per heavy atom. The van der Waals surface area contributed by atoms with Crippen LogP contribution in [0.1, 0.15) is 20.3 Å². The van der Waals surface area contributed by atoms with Crippen LogP contribution in [0.2, 0.25) is 0 Å². The lowest BCUT2D eigenvalue weighted by Gasteiger charge is -2.26. The zero-order valence-corrected chi connectivity index (χ0v) is 9.89. The Balaban J connectivity index is 2.67. The van der Waals surface area contributed by atoms with Crippen molar-refractivity contribution in [2.24, 2.45) is 5.92 Å². The minimum Gasteiger partial charge on any atom is -0.481 e. The molecule has 88 valence electrons. The van der Waals surface area contributed by atoms with E-state index >= 15 is 0 Å². The normalized spacial score (nSPS) is 10.4. The number of nitrogens with zero attached hydrogens (tertiary/aromatic N) is 1. The summed E-state index contributed by atoms with van der Waals surface area (Å²) in [4.78, 5) is 12.7. The minimum absolute atomic E-state index is 0.182. The topological polar surface area (TPSA) is 40.5 Å².